The van der Waals surface area contributed by atoms with Gasteiger partial charge < -0.3 is 11.1 Å². The SMILES string of the molecule is CCC(N)C(=O)NCC(C)N(C)C1CC1. The number of nitrogens with two attached hydrogens (primary N) is 1. The van der Waals surface area contributed by atoms with Crippen LogP contribution in [0.4, 0.5) is 0 Å². The monoisotopic (exact) mass is 213 g/mol. The van der Waals surface area contributed by atoms with Crippen molar-refractivity contribution in [1.29, 1.82) is 0 Å². The van der Waals surface area contributed by atoms with Crippen molar-refractivity contribution in [2.75, 3.05) is 13.6 Å². The molecule has 1 aliphatic carbocycles. The molecule has 2 unspecified atom stereocenters. The summed E-state index contributed by atoms with van der Waals surface area (Å²) in [4.78, 5) is 13.8. The minimum atomic E-state index is -0.358. The van der Waals surface area contributed by atoms with Gasteiger partial charge >= 0.3 is 0 Å². The van der Waals surface area contributed by atoms with Crippen molar-refractivity contribution in [3.05, 3.63) is 0 Å². The second-order valence-corrected chi connectivity index (χ2v) is 4.51. The molecular formula is C11H23N3O. The summed E-state index contributed by atoms with van der Waals surface area (Å²) in [6.45, 7) is 4.75. The molecule has 1 amide bonds. The van der Waals surface area contributed by atoms with Crippen LogP contribution in [0.5, 0.6) is 0 Å². The number of amides is 1. The number of hydrogen-bond donors (Lipinski definition) is 2. The quantitative estimate of drug-likeness (QED) is 0.668. The molecule has 0 spiro atoms. The molecule has 0 aliphatic heterocycles. The van der Waals surface area contributed by atoms with Crippen molar-refractivity contribution in [3.63, 3.8) is 0 Å². The highest BCUT2D eigenvalue weighted by molar-refractivity contribution is 5.81. The molecule has 0 saturated heterocycles. The smallest absolute Gasteiger partial charge is 0.236 e. The van der Waals surface area contributed by atoms with Crippen LogP contribution in [-0.2, 0) is 4.79 Å². The van der Waals surface area contributed by atoms with Gasteiger partial charge in [0.25, 0.3) is 0 Å². The minimum Gasteiger partial charge on any atom is -0.353 e. The zero-order chi connectivity index (χ0) is 11.4. The fourth-order valence-electron chi connectivity index (χ4n) is 1.55. The average molecular weight is 213 g/mol. The Morgan fingerprint density at radius 1 is 1.60 bits per heavy atom. The van der Waals surface area contributed by atoms with Gasteiger partial charge in [-0.3, -0.25) is 9.69 Å². The Kier molecular flexibility index (Phi) is 4.54. The van der Waals surface area contributed by atoms with Gasteiger partial charge in [-0.05, 0) is 33.2 Å². The molecule has 1 rings (SSSR count). The molecule has 1 aliphatic rings. The zero-order valence-electron chi connectivity index (χ0n) is 9.99. The van der Waals surface area contributed by atoms with E-state index in [2.05, 4.69) is 24.2 Å². The molecule has 2 atom stereocenters. The number of hydrogen-bond acceptors (Lipinski definition) is 3. The van der Waals surface area contributed by atoms with E-state index in [-0.39, 0.29) is 11.9 Å². The largest absolute Gasteiger partial charge is 0.353 e. The Morgan fingerprint density at radius 2 is 2.20 bits per heavy atom. The molecule has 0 aromatic heterocycles. The minimum absolute atomic E-state index is 0.0338. The lowest BCUT2D eigenvalue weighted by molar-refractivity contribution is -0.122. The van der Waals surface area contributed by atoms with E-state index in [9.17, 15) is 4.79 Å². The van der Waals surface area contributed by atoms with Gasteiger partial charge in [0, 0.05) is 18.6 Å². The summed E-state index contributed by atoms with van der Waals surface area (Å²) in [6.07, 6.45) is 3.28. The van der Waals surface area contributed by atoms with Gasteiger partial charge in [-0.2, -0.15) is 0 Å². The molecule has 0 bridgehead atoms. The summed E-state index contributed by atoms with van der Waals surface area (Å²) >= 11 is 0. The van der Waals surface area contributed by atoms with E-state index in [0.717, 1.165) is 6.04 Å². The van der Waals surface area contributed by atoms with E-state index in [4.69, 9.17) is 5.73 Å². The summed E-state index contributed by atoms with van der Waals surface area (Å²) < 4.78 is 0. The first-order valence-corrected chi connectivity index (χ1v) is 5.81. The molecule has 88 valence electrons. The molecule has 4 heteroatoms. The van der Waals surface area contributed by atoms with Crippen molar-refractivity contribution >= 4 is 5.91 Å². The lowest BCUT2D eigenvalue weighted by Gasteiger charge is -2.25. The molecule has 0 radical (unpaired) electrons. The van der Waals surface area contributed by atoms with Crippen LogP contribution in [-0.4, -0.2) is 42.5 Å². The third-order valence-corrected chi connectivity index (χ3v) is 3.17. The standard InChI is InChI=1S/C11H23N3O/c1-4-10(12)11(15)13-7-8(2)14(3)9-5-6-9/h8-10H,4-7,12H2,1-3H3,(H,13,15). The first-order chi connectivity index (χ1) is 7.06. The topological polar surface area (TPSA) is 58.4 Å². The van der Waals surface area contributed by atoms with Crippen molar-refractivity contribution in [2.45, 2.75) is 51.2 Å². The third kappa shape index (κ3) is 3.80. The first kappa shape index (κ1) is 12.5. The van der Waals surface area contributed by atoms with Gasteiger partial charge in [-0.15, -0.1) is 0 Å². The highest BCUT2D eigenvalue weighted by Gasteiger charge is 2.29. The predicted molar refractivity (Wildman–Crippen MR) is 61.5 cm³/mol. The van der Waals surface area contributed by atoms with Crippen LogP contribution < -0.4 is 11.1 Å². The normalized spacial score (nSPS) is 20.1. The maximum absolute atomic E-state index is 11.4. The van der Waals surface area contributed by atoms with Crippen LogP contribution in [0.3, 0.4) is 0 Å². The van der Waals surface area contributed by atoms with Gasteiger partial charge in [0.15, 0.2) is 0 Å². The van der Waals surface area contributed by atoms with Crippen molar-refractivity contribution in [2.24, 2.45) is 5.73 Å². The Morgan fingerprint density at radius 3 is 2.67 bits per heavy atom. The molecule has 0 heterocycles. The van der Waals surface area contributed by atoms with Crippen LogP contribution in [0.2, 0.25) is 0 Å². The Bertz CT molecular complexity index is 216. The van der Waals surface area contributed by atoms with Crippen LogP contribution in [0, 0.1) is 0 Å². The summed E-state index contributed by atoms with van der Waals surface area (Å²) in [5, 5.41) is 2.89. The van der Waals surface area contributed by atoms with Crippen LogP contribution >= 0.6 is 0 Å². The van der Waals surface area contributed by atoms with Crippen LogP contribution in [0.1, 0.15) is 33.1 Å². The number of carbonyl (C=O) groups excluding carboxylic acids is 1. The van der Waals surface area contributed by atoms with Gasteiger partial charge in [0.1, 0.15) is 0 Å². The Labute approximate surface area is 92.2 Å². The lowest BCUT2D eigenvalue weighted by atomic mass is 10.2. The summed E-state index contributed by atoms with van der Waals surface area (Å²) in [7, 11) is 2.12. The summed E-state index contributed by atoms with van der Waals surface area (Å²) in [5.41, 5.74) is 5.63. The molecule has 0 aromatic rings. The maximum atomic E-state index is 11.4. The van der Waals surface area contributed by atoms with Gasteiger partial charge in [0.05, 0.1) is 6.04 Å². The zero-order valence-corrected chi connectivity index (χ0v) is 9.99. The molecule has 0 aromatic carbocycles. The van der Waals surface area contributed by atoms with E-state index >= 15 is 0 Å². The third-order valence-electron chi connectivity index (χ3n) is 3.17. The van der Waals surface area contributed by atoms with Crippen molar-refractivity contribution < 1.29 is 4.79 Å². The molecule has 1 saturated carbocycles. The average Bonchev–Trinajstić information content (AvgIpc) is 3.06. The molecule has 1 fully saturated rings. The second-order valence-electron chi connectivity index (χ2n) is 4.51. The predicted octanol–water partition coefficient (Wildman–Crippen LogP) is 0.323. The second kappa shape index (κ2) is 5.47. The van der Waals surface area contributed by atoms with E-state index in [0.29, 0.717) is 19.0 Å². The van der Waals surface area contributed by atoms with Crippen molar-refractivity contribution in [1.82, 2.24) is 10.2 Å². The van der Waals surface area contributed by atoms with Gasteiger partial charge in [0.2, 0.25) is 5.91 Å². The fourth-order valence-corrected chi connectivity index (χ4v) is 1.55. The number of carbonyl (C=O) groups is 1. The first-order valence-electron chi connectivity index (χ1n) is 5.81. The van der Waals surface area contributed by atoms with Crippen LogP contribution in [0.15, 0.2) is 0 Å². The van der Waals surface area contributed by atoms with E-state index in [1.807, 2.05) is 6.92 Å². The number of rotatable bonds is 6. The molecule has 4 nitrogen and oxygen atoms in total. The van der Waals surface area contributed by atoms with E-state index in [1.165, 1.54) is 12.8 Å². The van der Waals surface area contributed by atoms with Gasteiger partial charge in [-0.25, -0.2) is 0 Å². The molecule has 3 N–H and O–H groups in total. The number of likely N-dealkylation sites (N-methyl/N-ethyl adjacent to an activating group) is 1. The number of nitrogens with one attached hydrogen (secondary N) is 1. The maximum Gasteiger partial charge on any atom is 0.236 e. The highest BCUT2D eigenvalue weighted by Crippen LogP contribution is 2.26. The van der Waals surface area contributed by atoms with E-state index in [1.54, 1.807) is 0 Å². The molecular weight excluding hydrogens is 190 g/mol. The molecule has 15 heavy (non-hydrogen) atoms. The van der Waals surface area contributed by atoms with Crippen molar-refractivity contribution in [3.8, 4) is 0 Å². The summed E-state index contributed by atoms with van der Waals surface area (Å²) in [5.74, 6) is -0.0338. The highest BCUT2D eigenvalue weighted by atomic mass is 16.2. The van der Waals surface area contributed by atoms with E-state index < -0.39 is 0 Å². The summed E-state index contributed by atoms with van der Waals surface area (Å²) in [6, 6.07) is 0.769. The fraction of sp³-hybridized carbons (Fsp3) is 0.909. The lowest BCUT2D eigenvalue weighted by Crippen LogP contribution is -2.46. The van der Waals surface area contributed by atoms with Gasteiger partial charge in [-0.1, -0.05) is 6.92 Å². The Hall–Kier alpha value is -0.610. The van der Waals surface area contributed by atoms with Crippen LogP contribution in [0.25, 0.3) is 0 Å². The Balaban J connectivity index is 2.20. The number of nitrogens with zero attached hydrogens (tertiary/aromatic N) is 1.